The van der Waals surface area contributed by atoms with Crippen LogP contribution in [0.15, 0.2) is 36.7 Å². The third-order valence-corrected chi connectivity index (χ3v) is 6.89. The molecule has 4 aromatic rings. The summed E-state index contributed by atoms with van der Waals surface area (Å²) in [6.45, 7) is 2.25. The van der Waals surface area contributed by atoms with Crippen LogP contribution in [0.2, 0.25) is 0 Å². The fourth-order valence-electron chi connectivity index (χ4n) is 3.38. The van der Waals surface area contributed by atoms with Crippen molar-refractivity contribution in [1.82, 2.24) is 19.9 Å². The van der Waals surface area contributed by atoms with Gasteiger partial charge in [0.05, 0.1) is 15.9 Å². The van der Waals surface area contributed by atoms with Crippen molar-refractivity contribution in [3.05, 3.63) is 52.9 Å². The van der Waals surface area contributed by atoms with Crippen molar-refractivity contribution in [1.29, 1.82) is 0 Å². The third-order valence-electron chi connectivity index (χ3n) is 4.82. The molecule has 28 heavy (non-hydrogen) atoms. The molecule has 0 aliphatic heterocycles. The van der Waals surface area contributed by atoms with Gasteiger partial charge in [-0.3, -0.25) is 10.1 Å². The molecule has 3 aromatic heterocycles. The van der Waals surface area contributed by atoms with E-state index in [4.69, 9.17) is 0 Å². The van der Waals surface area contributed by atoms with Crippen LogP contribution in [0.25, 0.3) is 20.9 Å². The van der Waals surface area contributed by atoms with Gasteiger partial charge in [0.25, 0.3) is 5.91 Å². The predicted molar refractivity (Wildman–Crippen MR) is 112 cm³/mol. The third kappa shape index (κ3) is 3.18. The van der Waals surface area contributed by atoms with E-state index in [9.17, 15) is 4.79 Å². The number of carbonyl (C=O) groups is 1. The summed E-state index contributed by atoms with van der Waals surface area (Å²) in [4.78, 5) is 32.1. The molecule has 0 fully saturated rings. The quantitative estimate of drug-likeness (QED) is 0.537. The Morgan fingerprint density at radius 1 is 1.14 bits per heavy atom. The maximum Gasteiger partial charge on any atom is 0.278 e. The van der Waals surface area contributed by atoms with E-state index in [1.807, 2.05) is 24.3 Å². The van der Waals surface area contributed by atoms with Crippen LogP contribution in [0.1, 0.15) is 34.4 Å². The minimum atomic E-state index is -0.304. The smallest absolute Gasteiger partial charge is 0.278 e. The Hall–Kier alpha value is -2.71. The van der Waals surface area contributed by atoms with Crippen LogP contribution in [0.3, 0.4) is 0 Å². The van der Waals surface area contributed by atoms with Crippen molar-refractivity contribution in [2.45, 2.75) is 26.2 Å². The van der Waals surface area contributed by atoms with Crippen LogP contribution >= 0.6 is 22.7 Å². The topological polar surface area (TPSA) is 80.7 Å². The molecule has 0 bridgehead atoms. The van der Waals surface area contributed by atoms with Gasteiger partial charge in [0.2, 0.25) is 0 Å². The first kappa shape index (κ1) is 17.4. The first-order valence-electron chi connectivity index (χ1n) is 9.14. The lowest BCUT2D eigenvalue weighted by atomic mass is 9.93. The molecular weight excluding hydrogens is 390 g/mol. The molecule has 1 aromatic carbocycles. The van der Waals surface area contributed by atoms with E-state index in [-0.39, 0.29) is 11.6 Å². The largest absolute Gasteiger partial charge is 0.296 e. The summed E-state index contributed by atoms with van der Waals surface area (Å²) in [7, 11) is 0. The van der Waals surface area contributed by atoms with E-state index < -0.39 is 0 Å². The molecule has 0 saturated heterocycles. The summed E-state index contributed by atoms with van der Waals surface area (Å²) < 4.78 is 1.05. The molecule has 1 aliphatic carbocycles. The number of para-hydroxylation sites is 1. The second-order valence-corrected chi connectivity index (χ2v) is 9.05. The normalized spacial score (nSPS) is 16.1. The molecule has 0 spiro atoms. The summed E-state index contributed by atoms with van der Waals surface area (Å²) >= 11 is 3.07. The van der Waals surface area contributed by atoms with Gasteiger partial charge in [-0.15, -0.1) is 22.7 Å². The monoisotopic (exact) mass is 407 g/mol. The van der Waals surface area contributed by atoms with Crippen molar-refractivity contribution in [3.63, 3.8) is 0 Å². The van der Waals surface area contributed by atoms with Gasteiger partial charge in [0, 0.05) is 17.3 Å². The number of anilines is 1. The molecule has 140 valence electrons. The first-order chi connectivity index (χ1) is 13.7. The van der Waals surface area contributed by atoms with Gasteiger partial charge in [-0.1, -0.05) is 19.1 Å². The number of hydrogen-bond donors (Lipinski definition) is 1. The number of carbonyl (C=O) groups excluding carboxylic acids is 1. The minimum absolute atomic E-state index is 0.267. The van der Waals surface area contributed by atoms with Crippen molar-refractivity contribution < 1.29 is 4.79 Å². The van der Waals surface area contributed by atoms with Crippen molar-refractivity contribution >= 4 is 43.9 Å². The van der Waals surface area contributed by atoms with E-state index in [2.05, 4.69) is 32.2 Å². The summed E-state index contributed by atoms with van der Waals surface area (Å²) in [6, 6.07) is 7.88. The van der Waals surface area contributed by atoms with Crippen LogP contribution in [0.5, 0.6) is 0 Å². The zero-order valence-electron chi connectivity index (χ0n) is 15.2. The number of nitrogens with zero attached hydrogens (tertiary/aromatic N) is 4. The van der Waals surface area contributed by atoms with E-state index in [1.54, 1.807) is 17.5 Å². The Kier molecular flexibility index (Phi) is 4.37. The second-order valence-electron chi connectivity index (χ2n) is 6.93. The summed E-state index contributed by atoms with van der Waals surface area (Å²) in [5, 5.41) is 4.23. The second kappa shape index (κ2) is 7.03. The van der Waals surface area contributed by atoms with Gasteiger partial charge in [0.1, 0.15) is 10.7 Å². The molecule has 6 nitrogen and oxygen atoms in total. The molecule has 8 heteroatoms. The van der Waals surface area contributed by atoms with Crippen LogP contribution in [0.4, 0.5) is 5.13 Å². The Balaban J connectivity index is 1.46. The molecular formula is C20H17N5OS2. The number of thiazole rings is 2. The van der Waals surface area contributed by atoms with Gasteiger partial charge in [-0.25, -0.2) is 19.9 Å². The lowest BCUT2D eigenvalue weighted by Gasteiger charge is -2.15. The molecule has 5 rings (SSSR count). The number of benzene rings is 1. The Morgan fingerprint density at radius 3 is 2.89 bits per heavy atom. The zero-order valence-corrected chi connectivity index (χ0v) is 16.8. The Morgan fingerprint density at radius 2 is 2.00 bits per heavy atom. The molecule has 1 N–H and O–H groups in total. The van der Waals surface area contributed by atoms with Gasteiger partial charge >= 0.3 is 0 Å². The number of nitrogens with one attached hydrogen (secondary N) is 1. The van der Waals surface area contributed by atoms with Gasteiger partial charge in [-0.05, 0) is 37.3 Å². The van der Waals surface area contributed by atoms with Crippen molar-refractivity contribution in [3.8, 4) is 10.7 Å². The average Bonchev–Trinajstić information content (AvgIpc) is 3.30. The number of aryl methyl sites for hydroxylation is 1. The predicted octanol–water partition coefficient (Wildman–Crippen LogP) is 4.59. The average molecular weight is 408 g/mol. The van der Waals surface area contributed by atoms with E-state index >= 15 is 0 Å². The highest BCUT2D eigenvalue weighted by molar-refractivity contribution is 7.21. The SMILES string of the molecule is C[C@@H]1CCc2nc(NC(=O)c3nccnc3-c3nc4ccccc4s3)sc2C1. The van der Waals surface area contributed by atoms with Crippen LogP contribution in [-0.4, -0.2) is 25.8 Å². The maximum atomic E-state index is 12.9. The van der Waals surface area contributed by atoms with Crippen LogP contribution < -0.4 is 5.32 Å². The first-order valence-corrected chi connectivity index (χ1v) is 10.8. The molecule has 1 atom stereocenters. The molecule has 0 radical (unpaired) electrons. The highest BCUT2D eigenvalue weighted by Gasteiger charge is 2.23. The Bertz CT molecular complexity index is 1150. The molecule has 3 heterocycles. The van der Waals surface area contributed by atoms with E-state index in [0.29, 0.717) is 21.8 Å². The van der Waals surface area contributed by atoms with Crippen LogP contribution in [-0.2, 0) is 12.8 Å². The van der Waals surface area contributed by atoms with E-state index in [0.717, 1.165) is 35.2 Å². The Labute approximate surface area is 169 Å². The van der Waals surface area contributed by atoms with Crippen molar-refractivity contribution in [2.75, 3.05) is 5.32 Å². The lowest BCUT2D eigenvalue weighted by Crippen LogP contribution is -2.15. The fraction of sp³-hybridized carbons (Fsp3) is 0.250. The number of fused-ring (bicyclic) bond motifs is 2. The highest BCUT2D eigenvalue weighted by atomic mass is 32.1. The lowest BCUT2D eigenvalue weighted by molar-refractivity contribution is 0.102. The molecule has 0 unspecified atom stereocenters. The number of hydrogen-bond acceptors (Lipinski definition) is 7. The zero-order chi connectivity index (χ0) is 19.1. The summed E-state index contributed by atoms with van der Waals surface area (Å²) in [5.41, 5.74) is 2.77. The summed E-state index contributed by atoms with van der Waals surface area (Å²) in [6.07, 6.45) is 6.27. The molecule has 1 amide bonds. The maximum absolute atomic E-state index is 12.9. The minimum Gasteiger partial charge on any atom is -0.296 e. The van der Waals surface area contributed by atoms with Crippen LogP contribution in [0, 0.1) is 5.92 Å². The molecule has 0 saturated carbocycles. The summed E-state index contributed by atoms with van der Waals surface area (Å²) in [5.74, 6) is 0.364. The number of rotatable bonds is 3. The fourth-order valence-corrected chi connectivity index (χ4v) is 5.51. The van der Waals surface area contributed by atoms with Crippen molar-refractivity contribution in [2.24, 2.45) is 5.92 Å². The van der Waals surface area contributed by atoms with Gasteiger partial charge < -0.3 is 0 Å². The van der Waals surface area contributed by atoms with E-state index in [1.165, 1.54) is 22.4 Å². The highest BCUT2D eigenvalue weighted by Crippen LogP contribution is 2.33. The number of amides is 1. The van der Waals surface area contributed by atoms with Gasteiger partial charge in [0.15, 0.2) is 10.8 Å². The number of aromatic nitrogens is 4. The standard InChI is InChI=1S/C20H17N5OS2/c1-11-6-7-13-15(10-11)28-20(24-13)25-18(26)16-17(22-9-8-21-16)19-23-12-4-2-3-5-14(12)27-19/h2-5,8-9,11H,6-7,10H2,1H3,(H,24,25,26)/t11-/m1/s1. The molecule has 1 aliphatic rings. The van der Waals surface area contributed by atoms with Gasteiger partial charge in [-0.2, -0.15) is 0 Å².